The van der Waals surface area contributed by atoms with Crippen molar-refractivity contribution >= 4 is 11.8 Å². The van der Waals surface area contributed by atoms with Gasteiger partial charge in [-0.05, 0) is 100 Å². The van der Waals surface area contributed by atoms with E-state index in [1.54, 1.807) is 13.8 Å². The van der Waals surface area contributed by atoms with Gasteiger partial charge in [0.15, 0.2) is 0 Å². The fraction of sp³-hybridized carbons (Fsp3) is 0.630. The highest BCUT2D eigenvalue weighted by Gasteiger charge is 2.38. The Kier molecular flexibility index (Phi) is 14.0. The molecule has 0 spiro atoms. The second-order valence-corrected chi connectivity index (χ2v) is 8.86. The fourth-order valence-corrected chi connectivity index (χ4v) is 3.03. The molecule has 0 aromatic heterocycles. The molecule has 0 fully saturated rings. The van der Waals surface area contributed by atoms with Gasteiger partial charge in [-0.3, -0.25) is 9.59 Å². The molecule has 0 radical (unpaired) electrons. The second kappa shape index (κ2) is 15.0. The number of carbonyl (C=O) groups is 2. The van der Waals surface area contributed by atoms with Crippen LogP contribution < -0.4 is 0 Å². The zero-order valence-corrected chi connectivity index (χ0v) is 20.7. The minimum Gasteiger partial charge on any atom is -0.465 e. The van der Waals surface area contributed by atoms with Crippen LogP contribution in [0.2, 0.25) is 0 Å². The fourth-order valence-electron chi connectivity index (χ4n) is 3.03. The topological polar surface area (TPSA) is 43.4 Å². The number of esters is 1. The standard InChI is InChI=1S/C27H44O3/c1-9-30-26(29)27(8,25(7)28)20-19-24(6)18-12-17-23(5)16-11-15-22(4)14-10-13-21(2)3/h13,15,17,19H,9-12,14,16,18,20H2,1-8H3. The van der Waals surface area contributed by atoms with Crippen molar-refractivity contribution < 1.29 is 14.3 Å². The highest BCUT2D eigenvalue weighted by atomic mass is 16.5. The summed E-state index contributed by atoms with van der Waals surface area (Å²) in [4.78, 5) is 24.2. The molecule has 0 aliphatic carbocycles. The number of carbonyl (C=O) groups excluding carboxylic acids is 2. The van der Waals surface area contributed by atoms with Gasteiger partial charge in [0.1, 0.15) is 11.2 Å². The Morgan fingerprint density at radius 1 is 0.733 bits per heavy atom. The smallest absolute Gasteiger partial charge is 0.319 e. The normalized spacial score (nSPS) is 14.9. The maximum Gasteiger partial charge on any atom is 0.319 e. The first-order chi connectivity index (χ1) is 14.0. The van der Waals surface area contributed by atoms with E-state index in [9.17, 15) is 9.59 Å². The summed E-state index contributed by atoms with van der Waals surface area (Å²) >= 11 is 0. The first-order valence-electron chi connectivity index (χ1n) is 11.3. The van der Waals surface area contributed by atoms with Gasteiger partial charge in [-0.1, -0.05) is 46.6 Å². The number of ether oxygens (including phenoxy) is 1. The minimum absolute atomic E-state index is 0.148. The lowest BCUT2D eigenvalue weighted by molar-refractivity contribution is -0.158. The van der Waals surface area contributed by atoms with E-state index in [-0.39, 0.29) is 5.78 Å². The molecule has 3 heteroatoms. The molecular formula is C27H44O3. The Labute approximate surface area is 185 Å². The molecule has 0 aromatic rings. The summed E-state index contributed by atoms with van der Waals surface area (Å²) in [6, 6.07) is 0. The molecule has 0 N–H and O–H groups in total. The number of allylic oxidation sites excluding steroid dienone is 8. The van der Waals surface area contributed by atoms with Crippen LogP contribution in [0, 0.1) is 5.41 Å². The van der Waals surface area contributed by atoms with E-state index in [4.69, 9.17) is 4.74 Å². The Hall–Kier alpha value is -1.90. The maximum absolute atomic E-state index is 12.2. The monoisotopic (exact) mass is 416 g/mol. The van der Waals surface area contributed by atoms with Gasteiger partial charge in [0.05, 0.1) is 6.61 Å². The minimum atomic E-state index is -1.08. The van der Waals surface area contributed by atoms with Gasteiger partial charge in [-0.15, -0.1) is 0 Å². The highest BCUT2D eigenvalue weighted by molar-refractivity contribution is 6.02. The van der Waals surface area contributed by atoms with Gasteiger partial charge in [-0.25, -0.2) is 0 Å². The molecule has 0 amide bonds. The van der Waals surface area contributed by atoms with Crippen LogP contribution in [0.5, 0.6) is 0 Å². The predicted octanol–water partition coefficient (Wildman–Crippen LogP) is 7.68. The molecule has 0 bridgehead atoms. The molecule has 0 saturated carbocycles. The lowest BCUT2D eigenvalue weighted by Crippen LogP contribution is -2.36. The van der Waals surface area contributed by atoms with Crippen molar-refractivity contribution in [1.29, 1.82) is 0 Å². The number of hydrogen-bond donors (Lipinski definition) is 0. The summed E-state index contributed by atoms with van der Waals surface area (Å²) in [6.45, 7) is 16.0. The zero-order valence-electron chi connectivity index (χ0n) is 20.7. The van der Waals surface area contributed by atoms with Crippen LogP contribution in [0.3, 0.4) is 0 Å². The van der Waals surface area contributed by atoms with Crippen LogP contribution in [0.1, 0.15) is 100 Å². The van der Waals surface area contributed by atoms with E-state index >= 15 is 0 Å². The highest BCUT2D eigenvalue weighted by Crippen LogP contribution is 2.27. The van der Waals surface area contributed by atoms with Crippen LogP contribution >= 0.6 is 0 Å². The number of rotatable bonds is 14. The summed E-state index contributed by atoms with van der Waals surface area (Å²) in [7, 11) is 0. The van der Waals surface area contributed by atoms with Crippen molar-refractivity contribution in [1.82, 2.24) is 0 Å². The van der Waals surface area contributed by atoms with Crippen LogP contribution in [0.4, 0.5) is 0 Å². The van der Waals surface area contributed by atoms with Gasteiger partial charge in [0.25, 0.3) is 0 Å². The van der Waals surface area contributed by atoms with E-state index in [2.05, 4.69) is 52.8 Å². The Morgan fingerprint density at radius 2 is 1.17 bits per heavy atom. The van der Waals surface area contributed by atoms with Crippen molar-refractivity contribution in [2.75, 3.05) is 6.61 Å². The molecule has 1 unspecified atom stereocenters. The van der Waals surface area contributed by atoms with Crippen molar-refractivity contribution in [3.63, 3.8) is 0 Å². The summed E-state index contributed by atoms with van der Waals surface area (Å²) < 4.78 is 5.09. The molecule has 0 aliphatic heterocycles. The molecule has 170 valence electrons. The van der Waals surface area contributed by atoms with Crippen molar-refractivity contribution in [3.05, 3.63) is 46.6 Å². The van der Waals surface area contributed by atoms with Crippen LogP contribution in [-0.4, -0.2) is 18.4 Å². The molecule has 0 aromatic carbocycles. The van der Waals surface area contributed by atoms with Gasteiger partial charge < -0.3 is 4.74 Å². The third-order valence-corrected chi connectivity index (χ3v) is 5.52. The van der Waals surface area contributed by atoms with E-state index < -0.39 is 11.4 Å². The number of hydrogen-bond acceptors (Lipinski definition) is 3. The van der Waals surface area contributed by atoms with Gasteiger partial charge in [0.2, 0.25) is 0 Å². The zero-order chi connectivity index (χ0) is 23.2. The largest absolute Gasteiger partial charge is 0.465 e. The average Bonchev–Trinajstić information content (AvgIpc) is 2.65. The third-order valence-electron chi connectivity index (χ3n) is 5.52. The molecular weight excluding hydrogens is 372 g/mol. The maximum atomic E-state index is 12.2. The quantitative estimate of drug-likeness (QED) is 0.166. The van der Waals surface area contributed by atoms with Gasteiger partial charge in [0, 0.05) is 0 Å². The number of Topliss-reactive ketones (excluding diaryl/α,β-unsaturated/α-hetero) is 1. The van der Waals surface area contributed by atoms with E-state index in [1.165, 1.54) is 29.2 Å². The van der Waals surface area contributed by atoms with Crippen LogP contribution in [-0.2, 0) is 14.3 Å². The summed E-state index contributed by atoms with van der Waals surface area (Å²) in [5.41, 5.74) is 4.38. The second-order valence-electron chi connectivity index (χ2n) is 8.86. The Balaban J connectivity index is 4.50. The van der Waals surface area contributed by atoms with Crippen molar-refractivity contribution in [2.45, 2.75) is 100 Å². The van der Waals surface area contributed by atoms with E-state index in [1.807, 2.05) is 6.08 Å². The molecule has 1 atom stereocenters. The summed E-state index contributed by atoms with van der Waals surface area (Å²) in [5, 5.41) is 0. The van der Waals surface area contributed by atoms with Crippen LogP contribution in [0.25, 0.3) is 0 Å². The average molecular weight is 417 g/mol. The number of ketones is 1. The summed E-state index contributed by atoms with van der Waals surface area (Å²) in [6.07, 6.45) is 15.7. The van der Waals surface area contributed by atoms with E-state index in [0.29, 0.717) is 13.0 Å². The first kappa shape index (κ1) is 28.1. The summed E-state index contributed by atoms with van der Waals surface area (Å²) in [5.74, 6) is -0.577. The lowest BCUT2D eigenvalue weighted by atomic mass is 9.82. The lowest BCUT2D eigenvalue weighted by Gasteiger charge is -2.23. The van der Waals surface area contributed by atoms with E-state index in [0.717, 1.165) is 38.5 Å². The predicted molar refractivity (Wildman–Crippen MR) is 128 cm³/mol. The SMILES string of the molecule is CCOC(=O)C(C)(CC=C(C)CCC=C(C)CCC=C(C)CCC=C(C)C)C(C)=O. The molecule has 30 heavy (non-hydrogen) atoms. The third kappa shape index (κ3) is 11.9. The first-order valence-corrected chi connectivity index (χ1v) is 11.3. The molecule has 0 rings (SSSR count). The van der Waals surface area contributed by atoms with Crippen LogP contribution in [0.15, 0.2) is 46.6 Å². The van der Waals surface area contributed by atoms with Gasteiger partial charge >= 0.3 is 5.97 Å². The Bertz CT molecular complexity index is 672. The van der Waals surface area contributed by atoms with Crippen molar-refractivity contribution in [2.24, 2.45) is 5.41 Å². The van der Waals surface area contributed by atoms with Crippen molar-refractivity contribution in [3.8, 4) is 0 Å². The Morgan fingerprint density at radius 3 is 1.57 bits per heavy atom. The molecule has 3 nitrogen and oxygen atoms in total. The molecule has 0 aliphatic rings. The molecule has 0 saturated heterocycles. The van der Waals surface area contributed by atoms with Gasteiger partial charge in [-0.2, -0.15) is 0 Å². The molecule has 0 heterocycles.